The van der Waals surface area contributed by atoms with E-state index in [1.54, 1.807) is 0 Å². The number of aliphatic hydroxyl groups excluding tert-OH is 4. The Morgan fingerprint density at radius 1 is 0.818 bits per heavy atom. The van der Waals surface area contributed by atoms with Gasteiger partial charge in [0.15, 0.2) is 0 Å². The van der Waals surface area contributed by atoms with Gasteiger partial charge in [0.1, 0.15) is 0 Å². The van der Waals surface area contributed by atoms with Gasteiger partial charge < -0.3 is 25.5 Å². The van der Waals surface area contributed by atoms with Crippen LogP contribution in [0.25, 0.3) is 0 Å². The number of unbranched alkanes of at least 4 members (excludes halogenated alkanes) is 6. The average Bonchev–Trinajstić information content (AvgIpc) is 2.47. The quantitative estimate of drug-likeness (QED) is 0.392. The molecule has 6 heteroatoms. The van der Waals surface area contributed by atoms with Crippen molar-refractivity contribution in [2.45, 2.75) is 84.3 Å². The lowest BCUT2D eigenvalue weighted by Gasteiger charge is -1.98. The molecular formula is C16H36O6. The fourth-order valence-corrected chi connectivity index (χ4v) is 1.23. The first-order valence-corrected chi connectivity index (χ1v) is 8.11. The van der Waals surface area contributed by atoms with E-state index in [9.17, 15) is 4.79 Å². The maximum atomic E-state index is 10.1. The third kappa shape index (κ3) is 42.7. The van der Waals surface area contributed by atoms with Gasteiger partial charge in [-0.15, -0.1) is 0 Å². The summed E-state index contributed by atoms with van der Waals surface area (Å²) in [5.74, 6) is -0.663. The zero-order chi connectivity index (χ0) is 17.8. The lowest BCUT2D eigenvalue weighted by atomic mass is 10.1. The van der Waals surface area contributed by atoms with Crippen LogP contribution in [0.3, 0.4) is 0 Å². The standard InChI is InChI=1S/C10H20O2.2C3H8O2/c1-2-3-4-5-6-7-8-9-10(11)12;2*1-3(5)2-4/h2-9H2,1H3,(H,11,12);2*3-5H,2H2,1H3. The molecule has 0 aliphatic heterocycles. The highest BCUT2D eigenvalue weighted by Crippen LogP contribution is 2.07. The normalized spacial score (nSPS) is 12.3. The van der Waals surface area contributed by atoms with E-state index in [1.165, 1.54) is 46.0 Å². The Morgan fingerprint density at radius 2 is 1.14 bits per heavy atom. The molecule has 0 radical (unpaired) electrons. The van der Waals surface area contributed by atoms with Gasteiger partial charge in [-0.1, -0.05) is 45.4 Å². The van der Waals surface area contributed by atoms with Gasteiger partial charge in [-0.25, -0.2) is 0 Å². The van der Waals surface area contributed by atoms with Crippen LogP contribution < -0.4 is 0 Å². The molecule has 0 saturated carbocycles. The minimum absolute atomic E-state index is 0.139. The summed E-state index contributed by atoms with van der Waals surface area (Å²) < 4.78 is 0. The van der Waals surface area contributed by atoms with Crippen molar-refractivity contribution >= 4 is 5.97 Å². The van der Waals surface area contributed by atoms with Crippen molar-refractivity contribution in [2.75, 3.05) is 13.2 Å². The van der Waals surface area contributed by atoms with E-state index in [1.807, 2.05) is 0 Å². The third-order valence-corrected chi connectivity index (χ3v) is 2.52. The number of hydrogen-bond donors (Lipinski definition) is 5. The summed E-state index contributed by atoms with van der Waals surface area (Å²) in [7, 11) is 0. The summed E-state index contributed by atoms with van der Waals surface area (Å²) in [6, 6.07) is 0. The minimum atomic E-state index is -0.663. The number of aliphatic carboxylic acids is 1. The molecular weight excluding hydrogens is 288 g/mol. The molecule has 136 valence electrons. The maximum Gasteiger partial charge on any atom is 0.303 e. The van der Waals surface area contributed by atoms with E-state index < -0.39 is 18.2 Å². The summed E-state index contributed by atoms with van der Waals surface area (Å²) in [6.07, 6.45) is 7.52. The van der Waals surface area contributed by atoms with Crippen LogP contribution in [0.4, 0.5) is 0 Å². The van der Waals surface area contributed by atoms with Crippen molar-refractivity contribution in [1.29, 1.82) is 0 Å². The molecule has 0 aromatic carbocycles. The highest BCUT2D eigenvalue weighted by molar-refractivity contribution is 5.66. The van der Waals surface area contributed by atoms with Crippen LogP contribution in [0.1, 0.15) is 72.1 Å². The lowest BCUT2D eigenvalue weighted by molar-refractivity contribution is -0.137. The van der Waals surface area contributed by atoms with Gasteiger partial charge >= 0.3 is 5.97 Å². The molecule has 0 saturated heterocycles. The van der Waals surface area contributed by atoms with Gasteiger partial charge in [0.2, 0.25) is 0 Å². The fourth-order valence-electron chi connectivity index (χ4n) is 1.23. The van der Waals surface area contributed by atoms with E-state index in [0.717, 1.165) is 12.8 Å². The molecule has 2 unspecified atom stereocenters. The number of carboxylic acid groups (broad SMARTS) is 1. The van der Waals surface area contributed by atoms with Crippen LogP contribution >= 0.6 is 0 Å². The molecule has 0 aromatic rings. The maximum absolute atomic E-state index is 10.1. The first-order chi connectivity index (χ1) is 10.3. The van der Waals surface area contributed by atoms with Crippen molar-refractivity contribution < 1.29 is 30.3 Å². The molecule has 6 nitrogen and oxygen atoms in total. The Balaban J connectivity index is -0.000000298. The van der Waals surface area contributed by atoms with E-state index in [2.05, 4.69) is 6.92 Å². The van der Waals surface area contributed by atoms with Gasteiger partial charge in [-0.05, 0) is 20.3 Å². The number of rotatable bonds is 10. The van der Waals surface area contributed by atoms with E-state index >= 15 is 0 Å². The van der Waals surface area contributed by atoms with Gasteiger partial charge in [0.25, 0.3) is 0 Å². The third-order valence-electron chi connectivity index (χ3n) is 2.52. The second-order valence-electron chi connectivity index (χ2n) is 5.33. The zero-order valence-corrected chi connectivity index (χ0v) is 14.4. The summed E-state index contributed by atoms with van der Waals surface area (Å²) in [5, 5.41) is 40.4. The number of aliphatic hydroxyl groups is 4. The van der Waals surface area contributed by atoms with E-state index in [-0.39, 0.29) is 13.2 Å². The van der Waals surface area contributed by atoms with Crippen LogP contribution in [0.5, 0.6) is 0 Å². The van der Waals surface area contributed by atoms with Crippen molar-refractivity contribution in [2.24, 2.45) is 0 Å². The minimum Gasteiger partial charge on any atom is -0.481 e. The Kier molecular flexibility index (Phi) is 26.9. The van der Waals surface area contributed by atoms with E-state index in [4.69, 9.17) is 25.5 Å². The first-order valence-electron chi connectivity index (χ1n) is 8.11. The van der Waals surface area contributed by atoms with Crippen LogP contribution in [0.2, 0.25) is 0 Å². The van der Waals surface area contributed by atoms with E-state index in [0.29, 0.717) is 6.42 Å². The monoisotopic (exact) mass is 324 g/mol. The van der Waals surface area contributed by atoms with Gasteiger partial charge in [0, 0.05) is 6.42 Å². The molecule has 0 aliphatic carbocycles. The molecule has 5 N–H and O–H groups in total. The van der Waals surface area contributed by atoms with Gasteiger partial charge in [-0.3, -0.25) is 4.79 Å². The highest BCUT2D eigenvalue weighted by Gasteiger charge is 1.95. The fraction of sp³-hybridized carbons (Fsp3) is 0.938. The Hall–Kier alpha value is -0.690. The molecule has 2 atom stereocenters. The molecule has 0 fully saturated rings. The molecule has 0 rings (SSSR count). The summed E-state index contributed by atoms with van der Waals surface area (Å²) >= 11 is 0. The Morgan fingerprint density at radius 3 is 1.41 bits per heavy atom. The smallest absolute Gasteiger partial charge is 0.303 e. The SMILES string of the molecule is CC(O)CO.CC(O)CO.CCCCCCCCCC(=O)O. The molecule has 0 spiro atoms. The highest BCUT2D eigenvalue weighted by atomic mass is 16.4. The van der Waals surface area contributed by atoms with Crippen LogP contribution in [-0.4, -0.2) is 56.9 Å². The number of carbonyl (C=O) groups is 1. The molecule has 0 amide bonds. The van der Waals surface area contributed by atoms with Crippen LogP contribution in [-0.2, 0) is 4.79 Å². The van der Waals surface area contributed by atoms with Crippen molar-refractivity contribution in [1.82, 2.24) is 0 Å². The summed E-state index contributed by atoms with van der Waals surface area (Å²) in [5.41, 5.74) is 0. The van der Waals surface area contributed by atoms with Gasteiger partial charge in [-0.2, -0.15) is 0 Å². The van der Waals surface area contributed by atoms with Crippen molar-refractivity contribution in [3.05, 3.63) is 0 Å². The molecule has 0 aliphatic rings. The largest absolute Gasteiger partial charge is 0.481 e. The summed E-state index contributed by atoms with van der Waals surface area (Å²) in [6.45, 7) is 4.98. The summed E-state index contributed by atoms with van der Waals surface area (Å²) in [4.78, 5) is 10.1. The van der Waals surface area contributed by atoms with Crippen molar-refractivity contribution in [3.63, 3.8) is 0 Å². The van der Waals surface area contributed by atoms with Crippen LogP contribution in [0, 0.1) is 0 Å². The Labute approximate surface area is 134 Å². The molecule has 0 aromatic heterocycles. The Bertz CT molecular complexity index is 199. The topological polar surface area (TPSA) is 118 Å². The first kappa shape index (κ1) is 26.2. The molecule has 0 bridgehead atoms. The number of hydrogen-bond acceptors (Lipinski definition) is 5. The second-order valence-corrected chi connectivity index (χ2v) is 5.33. The molecule has 0 heterocycles. The zero-order valence-electron chi connectivity index (χ0n) is 14.4. The van der Waals surface area contributed by atoms with Crippen LogP contribution in [0.15, 0.2) is 0 Å². The lowest BCUT2D eigenvalue weighted by Crippen LogP contribution is -2.03. The average molecular weight is 324 g/mol. The predicted molar refractivity (Wildman–Crippen MR) is 87.8 cm³/mol. The number of carboxylic acids is 1. The second kappa shape index (κ2) is 22.6. The van der Waals surface area contributed by atoms with Crippen molar-refractivity contribution in [3.8, 4) is 0 Å². The predicted octanol–water partition coefficient (Wildman–Crippen LogP) is 1.93. The molecule has 22 heavy (non-hydrogen) atoms. The van der Waals surface area contributed by atoms with Gasteiger partial charge in [0.05, 0.1) is 25.4 Å².